The first-order valence-electron chi connectivity index (χ1n) is 8.61. The zero-order valence-corrected chi connectivity index (χ0v) is 15.3. The van der Waals surface area contributed by atoms with Gasteiger partial charge in [-0.05, 0) is 42.7 Å². The highest BCUT2D eigenvalue weighted by atomic mass is 19.4. The van der Waals surface area contributed by atoms with Gasteiger partial charge < -0.3 is 0 Å². The molecule has 0 unspecified atom stereocenters. The van der Waals surface area contributed by atoms with Crippen LogP contribution in [-0.4, -0.2) is 21.2 Å². The highest BCUT2D eigenvalue weighted by Crippen LogP contribution is 2.32. The molecule has 3 aromatic rings. The van der Waals surface area contributed by atoms with Gasteiger partial charge in [0.1, 0.15) is 12.1 Å². The Bertz CT molecular complexity index is 999. The van der Waals surface area contributed by atoms with E-state index in [9.17, 15) is 13.2 Å². The van der Waals surface area contributed by atoms with E-state index in [1.165, 1.54) is 12.4 Å². The number of anilines is 1. The van der Waals surface area contributed by atoms with Crippen molar-refractivity contribution in [1.82, 2.24) is 15.0 Å². The lowest BCUT2D eigenvalue weighted by Crippen LogP contribution is -2.04. The predicted octanol–water partition coefficient (Wildman–Crippen LogP) is 4.87. The zero-order chi connectivity index (χ0) is 20.1. The number of benzene rings is 1. The monoisotopic (exact) mass is 385 g/mol. The van der Waals surface area contributed by atoms with Gasteiger partial charge in [-0.15, -0.1) is 0 Å². The van der Waals surface area contributed by atoms with Gasteiger partial charge in [0.2, 0.25) is 0 Å². The van der Waals surface area contributed by atoms with E-state index in [4.69, 9.17) is 0 Å². The molecule has 1 aromatic carbocycles. The number of aromatic nitrogens is 3. The number of pyridine rings is 1. The summed E-state index contributed by atoms with van der Waals surface area (Å²) >= 11 is 0. The van der Waals surface area contributed by atoms with Crippen molar-refractivity contribution in [3.05, 3.63) is 71.4 Å². The highest BCUT2D eigenvalue weighted by Gasteiger charge is 2.30. The minimum atomic E-state index is -4.38. The van der Waals surface area contributed by atoms with E-state index in [0.29, 0.717) is 29.1 Å². The van der Waals surface area contributed by atoms with E-state index in [2.05, 4.69) is 25.5 Å². The van der Waals surface area contributed by atoms with Gasteiger partial charge in [-0.25, -0.2) is 9.97 Å². The smallest absolute Gasteiger partial charge is 0.261 e. The maximum Gasteiger partial charge on any atom is 0.416 e. The summed E-state index contributed by atoms with van der Waals surface area (Å²) < 4.78 is 38.8. The minimum absolute atomic E-state index is 0.468. The number of nitrogens with zero attached hydrogens (tertiary/aromatic N) is 4. The van der Waals surface area contributed by atoms with Crippen LogP contribution in [0.3, 0.4) is 0 Å². The second-order valence-electron chi connectivity index (χ2n) is 6.12. The van der Waals surface area contributed by atoms with Crippen LogP contribution in [0.5, 0.6) is 0 Å². The van der Waals surface area contributed by atoms with E-state index in [-0.39, 0.29) is 0 Å². The number of hydrogen-bond donors (Lipinski definition) is 1. The third-order valence-electron chi connectivity index (χ3n) is 4.08. The van der Waals surface area contributed by atoms with Crippen molar-refractivity contribution in [2.75, 3.05) is 5.43 Å². The lowest BCUT2D eigenvalue weighted by molar-refractivity contribution is -0.137. The molecule has 0 atom stereocenters. The summed E-state index contributed by atoms with van der Waals surface area (Å²) in [6.45, 7) is 3.80. The van der Waals surface area contributed by atoms with Gasteiger partial charge >= 0.3 is 6.18 Å². The van der Waals surface area contributed by atoms with Gasteiger partial charge in [0.05, 0.1) is 17.5 Å². The molecule has 2 heterocycles. The normalized spacial score (nSPS) is 11.8. The molecule has 5 nitrogen and oxygen atoms in total. The summed E-state index contributed by atoms with van der Waals surface area (Å²) in [5.74, 6) is 0.558. The molecule has 0 spiro atoms. The third-order valence-corrected chi connectivity index (χ3v) is 4.08. The van der Waals surface area contributed by atoms with Crippen LogP contribution >= 0.6 is 0 Å². The summed E-state index contributed by atoms with van der Waals surface area (Å²) in [6, 6.07) is 8.80. The van der Waals surface area contributed by atoms with Crippen LogP contribution in [0.25, 0.3) is 11.1 Å². The molecule has 0 aliphatic carbocycles. The van der Waals surface area contributed by atoms with Gasteiger partial charge in [-0.2, -0.15) is 18.3 Å². The first kappa shape index (κ1) is 19.5. The van der Waals surface area contributed by atoms with Crippen LogP contribution in [0.15, 0.2) is 54.0 Å². The Morgan fingerprint density at radius 1 is 1.07 bits per heavy atom. The van der Waals surface area contributed by atoms with Crippen LogP contribution in [-0.2, 0) is 12.6 Å². The Hall–Kier alpha value is -3.29. The van der Waals surface area contributed by atoms with Gasteiger partial charge in [0.25, 0.3) is 0 Å². The van der Waals surface area contributed by atoms with E-state index in [1.807, 2.05) is 19.9 Å². The number of halogens is 3. The van der Waals surface area contributed by atoms with E-state index in [1.54, 1.807) is 24.5 Å². The average molecular weight is 385 g/mol. The van der Waals surface area contributed by atoms with E-state index < -0.39 is 11.7 Å². The van der Waals surface area contributed by atoms with Gasteiger partial charge in [-0.3, -0.25) is 10.4 Å². The van der Waals surface area contributed by atoms with Gasteiger partial charge in [0.15, 0.2) is 0 Å². The van der Waals surface area contributed by atoms with Crippen molar-refractivity contribution in [2.24, 2.45) is 5.10 Å². The van der Waals surface area contributed by atoms with E-state index in [0.717, 1.165) is 23.4 Å². The summed E-state index contributed by atoms with van der Waals surface area (Å²) in [5.41, 5.74) is 5.54. The molecule has 0 radical (unpaired) electrons. The Morgan fingerprint density at radius 3 is 2.61 bits per heavy atom. The van der Waals surface area contributed by atoms with Crippen LogP contribution < -0.4 is 5.43 Å². The van der Waals surface area contributed by atoms with Crippen LogP contribution in [0.2, 0.25) is 0 Å². The quantitative estimate of drug-likeness (QED) is 0.503. The molecule has 8 heteroatoms. The molecule has 0 amide bonds. The maximum atomic E-state index is 12.9. The SMILES string of the molecule is CCc1cc(-c2cccc(C(F)(F)F)c2)cnc1/C=N/Nc1cc(C)ncn1. The van der Waals surface area contributed by atoms with Crippen molar-refractivity contribution in [3.8, 4) is 11.1 Å². The van der Waals surface area contributed by atoms with Crippen LogP contribution in [0.4, 0.5) is 19.0 Å². The van der Waals surface area contributed by atoms with Crippen molar-refractivity contribution >= 4 is 12.0 Å². The zero-order valence-electron chi connectivity index (χ0n) is 15.3. The predicted molar refractivity (Wildman–Crippen MR) is 102 cm³/mol. The largest absolute Gasteiger partial charge is 0.416 e. The number of nitrogens with one attached hydrogen (secondary N) is 1. The number of hydrogen-bond acceptors (Lipinski definition) is 5. The van der Waals surface area contributed by atoms with Crippen molar-refractivity contribution in [1.29, 1.82) is 0 Å². The summed E-state index contributed by atoms with van der Waals surface area (Å²) in [5, 5.41) is 4.13. The number of hydrazone groups is 1. The number of rotatable bonds is 5. The van der Waals surface area contributed by atoms with Gasteiger partial charge in [-0.1, -0.05) is 19.1 Å². The molecule has 0 bridgehead atoms. The fourth-order valence-electron chi connectivity index (χ4n) is 2.63. The first-order chi connectivity index (χ1) is 13.4. The molecule has 2 aromatic heterocycles. The topological polar surface area (TPSA) is 63.1 Å². The molecular formula is C20H18F3N5. The van der Waals surface area contributed by atoms with Crippen LogP contribution in [0, 0.1) is 6.92 Å². The average Bonchev–Trinajstić information content (AvgIpc) is 2.68. The molecular weight excluding hydrogens is 367 g/mol. The fraction of sp³-hybridized carbons (Fsp3) is 0.200. The standard InChI is InChI=1S/C20H18F3N5/c1-3-14-8-16(15-5-4-6-17(9-15)20(21,22)23)10-24-18(14)11-27-28-19-7-13(2)25-12-26-19/h4-12H,3H2,1-2H3,(H,25,26,28)/b27-11+. The summed E-state index contributed by atoms with van der Waals surface area (Å²) in [4.78, 5) is 12.4. The molecule has 0 aliphatic heterocycles. The maximum absolute atomic E-state index is 12.9. The molecule has 0 aliphatic rings. The Kier molecular flexibility index (Phi) is 5.67. The van der Waals surface area contributed by atoms with Crippen molar-refractivity contribution in [3.63, 3.8) is 0 Å². The summed E-state index contributed by atoms with van der Waals surface area (Å²) in [7, 11) is 0. The Balaban J connectivity index is 1.83. The fourth-order valence-corrected chi connectivity index (χ4v) is 2.63. The lowest BCUT2D eigenvalue weighted by Gasteiger charge is -2.10. The van der Waals surface area contributed by atoms with Crippen molar-refractivity contribution in [2.45, 2.75) is 26.4 Å². The number of alkyl halides is 3. The Labute approximate surface area is 160 Å². The first-order valence-corrected chi connectivity index (χ1v) is 8.61. The van der Waals surface area contributed by atoms with E-state index >= 15 is 0 Å². The molecule has 28 heavy (non-hydrogen) atoms. The van der Waals surface area contributed by atoms with Gasteiger partial charge in [0, 0.05) is 23.5 Å². The molecule has 0 saturated carbocycles. The highest BCUT2D eigenvalue weighted by molar-refractivity contribution is 5.81. The second-order valence-corrected chi connectivity index (χ2v) is 6.12. The third kappa shape index (κ3) is 4.70. The van der Waals surface area contributed by atoms with Crippen LogP contribution in [0.1, 0.15) is 29.4 Å². The second kappa shape index (κ2) is 8.16. The number of aryl methyl sites for hydroxylation is 2. The lowest BCUT2D eigenvalue weighted by atomic mass is 10.0. The molecule has 144 valence electrons. The van der Waals surface area contributed by atoms with Crippen molar-refractivity contribution < 1.29 is 13.2 Å². The summed E-state index contributed by atoms with van der Waals surface area (Å²) in [6.07, 6.45) is 0.826. The minimum Gasteiger partial charge on any atom is -0.261 e. The Morgan fingerprint density at radius 2 is 1.89 bits per heavy atom. The molecule has 3 rings (SSSR count). The molecule has 1 N–H and O–H groups in total. The molecule has 0 saturated heterocycles. The molecule has 0 fully saturated rings.